The van der Waals surface area contributed by atoms with Crippen LogP contribution in [0.5, 0.6) is 0 Å². The zero-order chi connectivity index (χ0) is 15.9. The van der Waals surface area contributed by atoms with Gasteiger partial charge in [0.1, 0.15) is 5.76 Å². The first-order valence-corrected chi connectivity index (χ1v) is 8.35. The van der Waals surface area contributed by atoms with Gasteiger partial charge < -0.3 is 25.2 Å². The molecule has 0 spiro atoms. The van der Waals surface area contributed by atoms with Gasteiger partial charge in [-0.1, -0.05) is 18.5 Å². The number of phosphoric ester groups is 1. The second-order valence-electron chi connectivity index (χ2n) is 5.17. The Bertz CT molecular complexity index is 474. The zero-order valence-electron chi connectivity index (χ0n) is 12.1. The quantitative estimate of drug-likeness (QED) is 0.463. The minimum Gasteiger partial charge on any atom is -0.394 e. The van der Waals surface area contributed by atoms with Crippen LogP contribution < -0.4 is 5.73 Å². The van der Waals surface area contributed by atoms with E-state index in [0.717, 1.165) is 25.0 Å². The summed E-state index contributed by atoms with van der Waals surface area (Å²) < 4.78 is 20.2. The molecule has 21 heavy (non-hydrogen) atoms. The third-order valence-electron chi connectivity index (χ3n) is 3.10. The van der Waals surface area contributed by atoms with Gasteiger partial charge in [0, 0.05) is 12.5 Å². The molecule has 0 aliphatic carbocycles. The van der Waals surface area contributed by atoms with Crippen molar-refractivity contribution >= 4 is 7.82 Å². The van der Waals surface area contributed by atoms with Crippen molar-refractivity contribution in [3.05, 3.63) is 17.5 Å². The Balaban J connectivity index is 2.50. The van der Waals surface area contributed by atoms with E-state index in [0.29, 0.717) is 12.2 Å². The van der Waals surface area contributed by atoms with Crippen molar-refractivity contribution in [3.8, 4) is 0 Å². The Morgan fingerprint density at radius 1 is 1.48 bits per heavy atom. The molecule has 1 rings (SSSR count). The van der Waals surface area contributed by atoms with Crippen LogP contribution in [0, 0.1) is 0 Å². The minimum atomic E-state index is -4.61. The Morgan fingerprint density at radius 2 is 2.19 bits per heavy atom. The van der Waals surface area contributed by atoms with Gasteiger partial charge in [-0.05, 0) is 19.3 Å². The number of aryl methyl sites for hydroxylation is 2. The highest BCUT2D eigenvalue weighted by molar-refractivity contribution is 7.46. The minimum absolute atomic E-state index is 0.256. The van der Waals surface area contributed by atoms with Crippen molar-refractivity contribution in [3.63, 3.8) is 0 Å². The second-order valence-corrected chi connectivity index (χ2v) is 6.41. The first-order chi connectivity index (χ1) is 9.78. The maximum atomic E-state index is 10.7. The molecule has 0 radical (unpaired) electrons. The Morgan fingerprint density at radius 3 is 2.76 bits per heavy atom. The average Bonchev–Trinajstić information content (AvgIpc) is 2.88. The molecule has 1 aromatic rings. The topological polar surface area (TPSA) is 139 Å². The maximum absolute atomic E-state index is 10.7. The molecular weight excluding hydrogens is 299 g/mol. The van der Waals surface area contributed by atoms with Crippen LogP contribution in [0.15, 0.2) is 10.6 Å². The van der Waals surface area contributed by atoms with Crippen molar-refractivity contribution in [2.45, 2.75) is 44.6 Å². The van der Waals surface area contributed by atoms with E-state index in [1.54, 1.807) is 0 Å². The number of phosphoric acid groups is 1. The highest BCUT2D eigenvalue weighted by Gasteiger charge is 2.29. The Kier molecular flexibility index (Phi) is 6.99. The number of hydrogen-bond donors (Lipinski definition) is 4. The molecule has 5 N–H and O–H groups in total. The van der Waals surface area contributed by atoms with E-state index in [4.69, 9.17) is 20.0 Å². The number of unbranched alkanes of at least 4 members (excludes halogenated alkanes) is 1. The summed E-state index contributed by atoms with van der Waals surface area (Å²) in [5.41, 5.74) is 5.49. The number of rotatable bonds is 10. The lowest BCUT2D eigenvalue weighted by atomic mass is 9.96. The van der Waals surface area contributed by atoms with Crippen molar-refractivity contribution in [1.29, 1.82) is 0 Å². The molecule has 0 aromatic carbocycles. The summed E-state index contributed by atoms with van der Waals surface area (Å²) in [5.74, 6) is 0.626. The molecule has 122 valence electrons. The molecule has 0 aliphatic rings. The van der Waals surface area contributed by atoms with E-state index in [2.05, 4.69) is 16.6 Å². The lowest BCUT2D eigenvalue weighted by Crippen LogP contribution is -2.48. The van der Waals surface area contributed by atoms with Crippen molar-refractivity contribution in [1.82, 2.24) is 5.16 Å². The fourth-order valence-electron chi connectivity index (χ4n) is 1.73. The van der Waals surface area contributed by atoms with Crippen molar-refractivity contribution < 1.29 is 28.5 Å². The first-order valence-electron chi connectivity index (χ1n) is 6.82. The summed E-state index contributed by atoms with van der Waals surface area (Å²) in [5, 5.41) is 13.2. The number of nitrogens with two attached hydrogens (primary N) is 1. The standard InChI is InChI=1S/C12H23N2O6P/c1-2-3-4-10-7-11(20-14-10)5-6-12(13,8-15)9-19-21(16,17)18/h7,15H,2-6,8-9,13H2,1H3,(H2,16,17,18). The van der Waals surface area contributed by atoms with Crippen LogP contribution in [0.25, 0.3) is 0 Å². The summed E-state index contributed by atoms with van der Waals surface area (Å²) in [6, 6.07) is 1.83. The third-order valence-corrected chi connectivity index (χ3v) is 3.56. The molecule has 0 amide bonds. The van der Waals surface area contributed by atoms with Crippen LogP contribution >= 0.6 is 7.82 Å². The average molecular weight is 322 g/mol. The van der Waals surface area contributed by atoms with Crippen molar-refractivity contribution in [2.24, 2.45) is 5.73 Å². The van der Waals surface area contributed by atoms with Crippen molar-refractivity contribution in [2.75, 3.05) is 13.2 Å². The molecule has 9 heteroatoms. The fraction of sp³-hybridized carbons (Fsp3) is 0.750. The van der Waals surface area contributed by atoms with Gasteiger partial charge in [-0.2, -0.15) is 0 Å². The SMILES string of the molecule is CCCCc1cc(CCC(N)(CO)COP(=O)(O)O)on1. The summed E-state index contributed by atoms with van der Waals surface area (Å²) in [6.07, 6.45) is 3.60. The second kappa shape index (κ2) is 8.03. The maximum Gasteiger partial charge on any atom is 0.469 e. The van der Waals surface area contributed by atoms with Gasteiger partial charge in [0.05, 0.1) is 24.4 Å². The van der Waals surface area contributed by atoms with Crippen LogP contribution in [0.2, 0.25) is 0 Å². The monoisotopic (exact) mass is 322 g/mol. The van der Waals surface area contributed by atoms with Crippen LogP contribution in [0.1, 0.15) is 37.6 Å². The molecule has 1 heterocycles. The van der Waals surface area contributed by atoms with Crippen LogP contribution in [0.3, 0.4) is 0 Å². The van der Waals surface area contributed by atoms with Gasteiger partial charge in [-0.15, -0.1) is 0 Å². The first kappa shape index (κ1) is 18.3. The molecule has 0 fully saturated rings. The molecule has 1 unspecified atom stereocenters. The largest absolute Gasteiger partial charge is 0.469 e. The predicted octanol–water partition coefficient (Wildman–Crippen LogP) is 0.749. The van der Waals surface area contributed by atoms with Gasteiger partial charge in [0.15, 0.2) is 0 Å². The van der Waals surface area contributed by atoms with Gasteiger partial charge in [-0.3, -0.25) is 4.52 Å². The smallest absolute Gasteiger partial charge is 0.394 e. The summed E-state index contributed by atoms with van der Waals surface area (Å²) >= 11 is 0. The number of nitrogens with zero attached hydrogens (tertiary/aromatic N) is 1. The number of aliphatic hydroxyl groups is 1. The molecule has 0 saturated heterocycles. The zero-order valence-corrected chi connectivity index (χ0v) is 13.0. The van der Waals surface area contributed by atoms with Crippen LogP contribution in [-0.2, 0) is 21.9 Å². The predicted molar refractivity (Wildman–Crippen MR) is 75.4 cm³/mol. The molecule has 0 saturated carbocycles. The normalized spacial score (nSPS) is 15.1. The Hall–Kier alpha value is -0.760. The highest BCUT2D eigenvalue weighted by Crippen LogP contribution is 2.36. The fourth-order valence-corrected chi connectivity index (χ4v) is 2.16. The molecule has 0 aliphatic heterocycles. The molecular formula is C12H23N2O6P. The van der Waals surface area contributed by atoms with Crippen LogP contribution in [0.4, 0.5) is 0 Å². The van der Waals surface area contributed by atoms with Gasteiger partial charge in [0.2, 0.25) is 0 Å². The van der Waals surface area contributed by atoms with Gasteiger partial charge >= 0.3 is 7.82 Å². The molecule has 0 bridgehead atoms. The number of aliphatic hydroxyl groups excluding tert-OH is 1. The molecule has 1 aromatic heterocycles. The van der Waals surface area contributed by atoms with E-state index in [1.807, 2.05) is 6.07 Å². The third kappa shape index (κ3) is 7.17. The highest BCUT2D eigenvalue weighted by atomic mass is 31.2. The summed E-state index contributed by atoms with van der Waals surface area (Å²) in [4.78, 5) is 17.3. The summed E-state index contributed by atoms with van der Waals surface area (Å²) in [6.45, 7) is 1.19. The molecule has 1 atom stereocenters. The van der Waals surface area contributed by atoms with E-state index >= 15 is 0 Å². The Labute approximate surface area is 123 Å². The number of aromatic nitrogens is 1. The molecule has 8 nitrogen and oxygen atoms in total. The van der Waals surface area contributed by atoms with Gasteiger partial charge in [0.25, 0.3) is 0 Å². The van der Waals surface area contributed by atoms with Gasteiger partial charge in [-0.25, -0.2) is 4.57 Å². The lowest BCUT2D eigenvalue weighted by Gasteiger charge is -2.26. The van der Waals surface area contributed by atoms with Crippen LogP contribution in [-0.4, -0.2) is 38.8 Å². The van der Waals surface area contributed by atoms with E-state index in [9.17, 15) is 9.67 Å². The number of hydrogen-bond acceptors (Lipinski definition) is 6. The lowest BCUT2D eigenvalue weighted by molar-refractivity contribution is 0.101. The van der Waals surface area contributed by atoms with E-state index in [1.165, 1.54) is 0 Å². The van der Waals surface area contributed by atoms with E-state index < -0.39 is 26.6 Å². The summed E-state index contributed by atoms with van der Waals surface area (Å²) in [7, 11) is -4.61. The van der Waals surface area contributed by atoms with E-state index in [-0.39, 0.29) is 6.42 Å².